The van der Waals surface area contributed by atoms with Crippen molar-refractivity contribution >= 4 is 16.6 Å². The van der Waals surface area contributed by atoms with Crippen LogP contribution in [0.5, 0.6) is 0 Å². The molecule has 2 atom stereocenters. The molecule has 2 heterocycles. The van der Waals surface area contributed by atoms with Crippen LogP contribution in [0.4, 0.5) is 5.82 Å². The second kappa shape index (κ2) is 4.04. The molecule has 2 rings (SSSR count). The van der Waals surface area contributed by atoms with E-state index in [2.05, 4.69) is 15.3 Å². The van der Waals surface area contributed by atoms with Crippen LogP contribution in [0.1, 0.15) is 12.1 Å². The number of nitrogens with one attached hydrogen (secondary N) is 1. The molecular formula is C9H13N3OS. The summed E-state index contributed by atoms with van der Waals surface area (Å²) in [6.45, 7) is 1.91. The van der Waals surface area contributed by atoms with Crippen LogP contribution >= 0.6 is 0 Å². The van der Waals surface area contributed by atoms with Gasteiger partial charge in [-0.2, -0.15) is 0 Å². The molecule has 5 heteroatoms. The normalized spacial score (nSPS) is 26.4. The maximum Gasteiger partial charge on any atom is 0.145 e. The zero-order chi connectivity index (χ0) is 9.97. The Balaban J connectivity index is 2.00. The molecule has 1 aliphatic rings. The van der Waals surface area contributed by atoms with Gasteiger partial charge >= 0.3 is 0 Å². The average Bonchev–Trinajstić information content (AvgIpc) is 2.51. The van der Waals surface area contributed by atoms with Crippen LogP contribution in [0.15, 0.2) is 12.4 Å². The van der Waals surface area contributed by atoms with Gasteiger partial charge in [0.2, 0.25) is 0 Å². The Hall–Kier alpha value is -0.970. The Labute approximate surface area is 85.6 Å². The van der Waals surface area contributed by atoms with Gasteiger partial charge in [0, 0.05) is 34.5 Å². The summed E-state index contributed by atoms with van der Waals surface area (Å²) in [6, 6.07) is 0.298. The lowest BCUT2D eigenvalue weighted by Crippen LogP contribution is -2.20. The highest BCUT2D eigenvalue weighted by molar-refractivity contribution is 7.85. The number of rotatable bonds is 2. The molecule has 1 aliphatic heterocycles. The van der Waals surface area contributed by atoms with Crippen molar-refractivity contribution in [3.8, 4) is 0 Å². The minimum Gasteiger partial charge on any atom is -0.365 e. The summed E-state index contributed by atoms with van der Waals surface area (Å²) < 4.78 is 11.1. The monoisotopic (exact) mass is 211 g/mol. The Bertz CT molecular complexity index is 356. The van der Waals surface area contributed by atoms with Crippen molar-refractivity contribution in [3.63, 3.8) is 0 Å². The van der Waals surface area contributed by atoms with Gasteiger partial charge in [0.15, 0.2) is 0 Å². The zero-order valence-electron chi connectivity index (χ0n) is 8.06. The topological polar surface area (TPSA) is 54.9 Å². The van der Waals surface area contributed by atoms with E-state index in [1.54, 1.807) is 12.4 Å². The molecule has 1 aromatic rings. The number of hydrogen-bond acceptors (Lipinski definition) is 4. The smallest absolute Gasteiger partial charge is 0.145 e. The number of aromatic nitrogens is 2. The van der Waals surface area contributed by atoms with E-state index >= 15 is 0 Å². The zero-order valence-corrected chi connectivity index (χ0v) is 8.88. The van der Waals surface area contributed by atoms with Crippen LogP contribution in [0.25, 0.3) is 0 Å². The molecule has 0 radical (unpaired) electrons. The van der Waals surface area contributed by atoms with E-state index in [0.29, 0.717) is 6.04 Å². The standard InChI is InChI=1S/C9H13N3OS/c1-7-4-10-5-9(11-7)12-8-2-3-14(13)6-8/h4-5,8H,2-3,6H2,1H3,(H,11,12). The van der Waals surface area contributed by atoms with Gasteiger partial charge in [0.25, 0.3) is 0 Å². The van der Waals surface area contributed by atoms with Crippen LogP contribution in [-0.2, 0) is 10.8 Å². The predicted octanol–water partition coefficient (Wildman–Crippen LogP) is 0.718. The van der Waals surface area contributed by atoms with Gasteiger partial charge in [0.1, 0.15) is 5.82 Å². The minimum atomic E-state index is -0.643. The quantitative estimate of drug-likeness (QED) is 0.783. The van der Waals surface area contributed by atoms with Gasteiger partial charge < -0.3 is 5.32 Å². The fraction of sp³-hybridized carbons (Fsp3) is 0.556. The number of aryl methyl sites for hydroxylation is 1. The van der Waals surface area contributed by atoms with Crippen LogP contribution in [0.3, 0.4) is 0 Å². The lowest BCUT2D eigenvalue weighted by atomic mass is 10.3. The van der Waals surface area contributed by atoms with E-state index in [9.17, 15) is 4.21 Å². The van der Waals surface area contributed by atoms with Crippen molar-refractivity contribution in [3.05, 3.63) is 18.1 Å². The first-order valence-corrected chi connectivity index (χ1v) is 6.13. The van der Waals surface area contributed by atoms with Crippen LogP contribution < -0.4 is 5.32 Å². The average molecular weight is 211 g/mol. The van der Waals surface area contributed by atoms with Gasteiger partial charge in [-0.1, -0.05) is 0 Å². The van der Waals surface area contributed by atoms with Crippen molar-refractivity contribution in [2.45, 2.75) is 19.4 Å². The SMILES string of the molecule is Cc1cncc(NC2CCS(=O)C2)n1. The third kappa shape index (κ3) is 2.29. The largest absolute Gasteiger partial charge is 0.365 e. The highest BCUT2D eigenvalue weighted by Crippen LogP contribution is 2.12. The fourth-order valence-corrected chi connectivity index (χ4v) is 2.93. The molecule has 1 aromatic heterocycles. The van der Waals surface area contributed by atoms with Crippen molar-refractivity contribution in [2.75, 3.05) is 16.8 Å². The Kier molecular flexibility index (Phi) is 2.77. The molecular weight excluding hydrogens is 198 g/mol. The molecule has 2 unspecified atom stereocenters. The highest BCUT2D eigenvalue weighted by Gasteiger charge is 2.20. The molecule has 14 heavy (non-hydrogen) atoms. The van der Waals surface area contributed by atoms with Gasteiger partial charge in [0.05, 0.1) is 11.9 Å². The first kappa shape index (κ1) is 9.58. The molecule has 76 valence electrons. The van der Waals surface area contributed by atoms with Gasteiger partial charge in [-0.3, -0.25) is 9.19 Å². The molecule has 0 spiro atoms. The van der Waals surface area contributed by atoms with E-state index in [1.807, 2.05) is 6.92 Å². The fourth-order valence-electron chi connectivity index (χ4n) is 1.52. The summed E-state index contributed by atoms with van der Waals surface area (Å²) >= 11 is 0. The third-order valence-corrected chi connectivity index (χ3v) is 3.65. The van der Waals surface area contributed by atoms with Gasteiger partial charge in [-0.15, -0.1) is 0 Å². The summed E-state index contributed by atoms with van der Waals surface area (Å²) in [7, 11) is -0.643. The number of anilines is 1. The van der Waals surface area contributed by atoms with Crippen molar-refractivity contribution in [1.82, 2.24) is 9.97 Å². The Morgan fingerprint density at radius 2 is 2.43 bits per heavy atom. The lowest BCUT2D eigenvalue weighted by Gasteiger charge is -2.10. The van der Waals surface area contributed by atoms with Crippen LogP contribution in [0.2, 0.25) is 0 Å². The molecule has 0 saturated carbocycles. The summed E-state index contributed by atoms with van der Waals surface area (Å²) in [5, 5.41) is 3.25. The maximum atomic E-state index is 11.1. The molecule has 1 fully saturated rings. The number of hydrogen-bond donors (Lipinski definition) is 1. The molecule has 0 amide bonds. The maximum absolute atomic E-state index is 11.1. The van der Waals surface area contributed by atoms with Gasteiger partial charge in [-0.05, 0) is 13.3 Å². The molecule has 4 nitrogen and oxygen atoms in total. The Morgan fingerprint density at radius 3 is 3.07 bits per heavy atom. The minimum absolute atomic E-state index is 0.298. The first-order valence-electron chi connectivity index (χ1n) is 4.64. The second-order valence-electron chi connectivity index (χ2n) is 3.49. The van der Waals surface area contributed by atoms with Crippen molar-refractivity contribution < 1.29 is 4.21 Å². The predicted molar refractivity (Wildman–Crippen MR) is 56.7 cm³/mol. The van der Waals surface area contributed by atoms with E-state index in [4.69, 9.17) is 0 Å². The third-order valence-electron chi connectivity index (χ3n) is 2.19. The number of nitrogens with zero attached hydrogens (tertiary/aromatic N) is 2. The second-order valence-corrected chi connectivity index (χ2v) is 5.11. The summed E-state index contributed by atoms with van der Waals surface area (Å²) in [6.07, 6.45) is 4.38. The van der Waals surface area contributed by atoms with Crippen molar-refractivity contribution in [1.29, 1.82) is 0 Å². The molecule has 0 aromatic carbocycles. The summed E-state index contributed by atoms with van der Waals surface area (Å²) in [4.78, 5) is 8.33. The first-order chi connectivity index (χ1) is 6.74. The Morgan fingerprint density at radius 1 is 1.57 bits per heavy atom. The van der Waals surface area contributed by atoms with Gasteiger partial charge in [-0.25, -0.2) is 4.98 Å². The van der Waals surface area contributed by atoms with E-state index in [-0.39, 0.29) is 0 Å². The van der Waals surface area contributed by atoms with E-state index in [1.165, 1.54) is 0 Å². The van der Waals surface area contributed by atoms with Crippen LogP contribution in [-0.4, -0.2) is 31.7 Å². The van der Waals surface area contributed by atoms with Crippen molar-refractivity contribution in [2.24, 2.45) is 0 Å². The molecule has 1 saturated heterocycles. The van der Waals surface area contributed by atoms with E-state index < -0.39 is 10.8 Å². The molecule has 0 aliphatic carbocycles. The summed E-state index contributed by atoms with van der Waals surface area (Å²) in [5.74, 6) is 2.32. The highest BCUT2D eigenvalue weighted by atomic mass is 32.2. The summed E-state index contributed by atoms with van der Waals surface area (Å²) in [5.41, 5.74) is 0.897. The lowest BCUT2D eigenvalue weighted by molar-refractivity contribution is 0.686. The molecule has 0 bridgehead atoms. The van der Waals surface area contributed by atoms with Crippen LogP contribution in [0, 0.1) is 6.92 Å². The van der Waals surface area contributed by atoms with E-state index in [0.717, 1.165) is 29.4 Å². The molecule has 1 N–H and O–H groups in total.